The van der Waals surface area contributed by atoms with E-state index in [0.717, 1.165) is 11.3 Å². The zero-order valence-corrected chi connectivity index (χ0v) is 20.4. The van der Waals surface area contributed by atoms with Crippen LogP contribution in [0.25, 0.3) is 11.3 Å². The van der Waals surface area contributed by atoms with Gasteiger partial charge in [-0.2, -0.15) is 5.10 Å². The minimum Gasteiger partial charge on any atom is -0.490 e. The smallest absolute Gasteiger partial charge is 0.311 e. The lowest BCUT2D eigenvalue weighted by atomic mass is 10.1. The van der Waals surface area contributed by atoms with Gasteiger partial charge in [0.25, 0.3) is 5.91 Å². The lowest BCUT2D eigenvalue weighted by Gasteiger charge is -2.22. The SMILES string of the molecule is COc1ccc(-c2cn(CC(=O)N/N=C\c3ccc(N(CCCl)CCCl)cc3)cn2)cc1[N+](=O)[O-]. The number of nitro benzene ring substituents is 1. The number of rotatable bonds is 12. The van der Waals surface area contributed by atoms with Crippen LogP contribution in [0.5, 0.6) is 5.75 Å². The van der Waals surface area contributed by atoms with Crippen LogP contribution in [0.4, 0.5) is 11.4 Å². The van der Waals surface area contributed by atoms with E-state index in [1.165, 1.54) is 25.6 Å². The molecule has 0 fully saturated rings. The van der Waals surface area contributed by atoms with Gasteiger partial charge in [0.15, 0.2) is 5.75 Å². The van der Waals surface area contributed by atoms with Crippen LogP contribution in [-0.2, 0) is 11.3 Å². The summed E-state index contributed by atoms with van der Waals surface area (Å²) in [6.45, 7) is 1.37. The summed E-state index contributed by atoms with van der Waals surface area (Å²) in [6.07, 6.45) is 4.65. The van der Waals surface area contributed by atoms with E-state index in [0.29, 0.717) is 36.1 Å². The van der Waals surface area contributed by atoms with Crippen LogP contribution < -0.4 is 15.1 Å². The Kier molecular flexibility index (Phi) is 9.45. The molecule has 1 amide bonds. The largest absolute Gasteiger partial charge is 0.490 e. The van der Waals surface area contributed by atoms with Gasteiger partial charge in [0.2, 0.25) is 0 Å². The minimum absolute atomic E-state index is 0.0205. The highest BCUT2D eigenvalue weighted by Gasteiger charge is 2.17. The summed E-state index contributed by atoms with van der Waals surface area (Å²) in [5, 5.41) is 15.2. The van der Waals surface area contributed by atoms with Crippen molar-refractivity contribution in [2.75, 3.05) is 36.9 Å². The number of nitrogens with one attached hydrogen (secondary N) is 1. The van der Waals surface area contributed by atoms with Crippen molar-refractivity contribution in [1.29, 1.82) is 0 Å². The van der Waals surface area contributed by atoms with Crippen molar-refractivity contribution in [3.8, 4) is 17.0 Å². The van der Waals surface area contributed by atoms with Crippen molar-refractivity contribution in [2.24, 2.45) is 5.10 Å². The number of amides is 1. The third-order valence-electron chi connectivity index (χ3n) is 5.00. The molecule has 0 saturated carbocycles. The predicted octanol–water partition coefficient (Wildman–Crippen LogP) is 3.90. The van der Waals surface area contributed by atoms with Crippen LogP contribution in [0.3, 0.4) is 0 Å². The first-order chi connectivity index (χ1) is 16.9. The summed E-state index contributed by atoms with van der Waals surface area (Å²) in [5.74, 6) is 0.820. The van der Waals surface area contributed by atoms with Crippen LogP contribution in [0, 0.1) is 10.1 Å². The van der Waals surface area contributed by atoms with E-state index in [4.69, 9.17) is 27.9 Å². The zero-order chi connectivity index (χ0) is 25.2. The van der Waals surface area contributed by atoms with Crippen molar-refractivity contribution in [3.05, 3.63) is 70.7 Å². The first-order valence-electron chi connectivity index (χ1n) is 10.6. The number of anilines is 1. The van der Waals surface area contributed by atoms with Crippen LogP contribution in [0.1, 0.15) is 5.56 Å². The lowest BCUT2D eigenvalue weighted by Crippen LogP contribution is -2.27. The van der Waals surface area contributed by atoms with Gasteiger partial charge in [-0.1, -0.05) is 12.1 Å². The summed E-state index contributed by atoms with van der Waals surface area (Å²) < 4.78 is 6.58. The number of alkyl halides is 2. The number of nitrogens with zero attached hydrogens (tertiary/aromatic N) is 5. The molecule has 3 rings (SSSR count). The Balaban J connectivity index is 1.57. The fourth-order valence-corrected chi connectivity index (χ4v) is 3.72. The molecule has 0 unspecified atom stereocenters. The van der Waals surface area contributed by atoms with Crippen molar-refractivity contribution in [2.45, 2.75) is 6.54 Å². The second-order valence-electron chi connectivity index (χ2n) is 7.32. The molecule has 0 aliphatic rings. The van der Waals surface area contributed by atoms with Gasteiger partial charge in [-0.3, -0.25) is 14.9 Å². The number of ether oxygens (including phenoxy) is 1. The molecule has 35 heavy (non-hydrogen) atoms. The molecular weight excluding hydrogens is 495 g/mol. The summed E-state index contributed by atoms with van der Waals surface area (Å²) in [6, 6.07) is 12.2. The molecule has 0 bridgehead atoms. The van der Waals surface area contributed by atoms with Gasteiger partial charge < -0.3 is 14.2 Å². The molecule has 184 valence electrons. The molecule has 0 spiro atoms. The molecule has 0 aliphatic heterocycles. The Labute approximate surface area is 212 Å². The average molecular weight is 519 g/mol. The molecule has 0 saturated heterocycles. The van der Waals surface area contributed by atoms with Crippen LogP contribution in [0.2, 0.25) is 0 Å². The second-order valence-corrected chi connectivity index (χ2v) is 8.08. The standard InChI is InChI=1S/C23H24Cl2N6O4/c1-35-22-7-4-18(12-21(22)31(33)34)20-14-29(16-26-20)15-23(32)28-27-13-17-2-5-19(6-3-17)30(10-8-24)11-9-25/h2-7,12-14,16H,8-11,15H2,1H3,(H,28,32)/b27-13-. The Morgan fingerprint density at radius 3 is 2.57 bits per heavy atom. The lowest BCUT2D eigenvalue weighted by molar-refractivity contribution is -0.385. The van der Waals surface area contributed by atoms with E-state index in [9.17, 15) is 14.9 Å². The normalized spacial score (nSPS) is 10.9. The number of hydrogen-bond acceptors (Lipinski definition) is 7. The number of aromatic nitrogens is 2. The predicted molar refractivity (Wildman–Crippen MR) is 137 cm³/mol. The highest BCUT2D eigenvalue weighted by molar-refractivity contribution is 6.18. The van der Waals surface area contributed by atoms with Gasteiger partial charge >= 0.3 is 5.69 Å². The Morgan fingerprint density at radius 1 is 1.23 bits per heavy atom. The van der Waals surface area contributed by atoms with Gasteiger partial charge in [0.05, 0.1) is 30.3 Å². The molecule has 1 aromatic heterocycles. The molecule has 1 heterocycles. The number of carbonyl (C=O) groups is 1. The number of nitro groups is 1. The molecule has 0 aliphatic carbocycles. The number of imidazole rings is 1. The average Bonchev–Trinajstić information content (AvgIpc) is 3.32. The molecule has 12 heteroatoms. The van der Waals surface area contributed by atoms with E-state index in [-0.39, 0.29) is 23.9 Å². The first kappa shape index (κ1) is 26.0. The number of methoxy groups -OCH3 is 1. The molecular formula is C23H24Cl2N6O4. The van der Waals surface area contributed by atoms with Gasteiger partial charge in [-0.05, 0) is 29.8 Å². The summed E-state index contributed by atoms with van der Waals surface area (Å²) >= 11 is 11.7. The molecule has 1 N–H and O–H groups in total. The number of carbonyl (C=O) groups excluding carboxylic acids is 1. The van der Waals surface area contributed by atoms with Crippen molar-refractivity contribution >= 4 is 46.7 Å². The van der Waals surface area contributed by atoms with E-state index >= 15 is 0 Å². The molecule has 10 nitrogen and oxygen atoms in total. The fraction of sp³-hybridized carbons (Fsp3) is 0.261. The van der Waals surface area contributed by atoms with E-state index in [2.05, 4.69) is 20.4 Å². The monoisotopic (exact) mass is 518 g/mol. The first-order valence-corrected chi connectivity index (χ1v) is 11.7. The molecule has 0 radical (unpaired) electrons. The molecule has 2 aromatic carbocycles. The van der Waals surface area contributed by atoms with Gasteiger partial charge in [-0.25, -0.2) is 10.4 Å². The van der Waals surface area contributed by atoms with Crippen LogP contribution in [-0.4, -0.2) is 58.6 Å². The molecule has 3 aromatic rings. The van der Waals surface area contributed by atoms with Gasteiger partial charge in [0, 0.05) is 48.4 Å². The quantitative estimate of drug-likeness (QED) is 0.168. The van der Waals surface area contributed by atoms with Crippen molar-refractivity contribution in [1.82, 2.24) is 15.0 Å². The van der Waals surface area contributed by atoms with E-state index in [1.54, 1.807) is 23.0 Å². The Hall–Kier alpha value is -3.63. The minimum atomic E-state index is -0.520. The van der Waals surface area contributed by atoms with Gasteiger partial charge in [-0.15, -0.1) is 23.2 Å². The molecule has 0 atom stereocenters. The third-order valence-corrected chi connectivity index (χ3v) is 5.34. The highest BCUT2D eigenvalue weighted by Crippen LogP contribution is 2.31. The maximum atomic E-state index is 12.3. The topological polar surface area (TPSA) is 115 Å². The zero-order valence-electron chi connectivity index (χ0n) is 18.9. The summed E-state index contributed by atoms with van der Waals surface area (Å²) in [4.78, 5) is 29.3. The van der Waals surface area contributed by atoms with E-state index < -0.39 is 4.92 Å². The fourth-order valence-electron chi connectivity index (χ4n) is 3.31. The van der Waals surface area contributed by atoms with Crippen molar-refractivity contribution in [3.63, 3.8) is 0 Å². The Morgan fingerprint density at radius 2 is 1.94 bits per heavy atom. The van der Waals surface area contributed by atoms with Gasteiger partial charge in [0.1, 0.15) is 6.54 Å². The number of benzene rings is 2. The maximum Gasteiger partial charge on any atom is 0.311 e. The van der Waals surface area contributed by atoms with Crippen LogP contribution >= 0.6 is 23.2 Å². The number of hydrazone groups is 1. The third kappa shape index (κ3) is 7.17. The summed E-state index contributed by atoms with van der Waals surface area (Å²) in [5.41, 5.74) is 5.16. The van der Waals surface area contributed by atoms with Crippen molar-refractivity contribution < 1.29 is 14.5 Å². The summed E-state index contributed by atoms with van der Waals surface area (Å²) in [7, 11) is 1.37. The second kappa shape index (κ2) is 12.7. The number of halogens is 2. The highest BCUT2D eigenvalue weighted by atomic mass is 35.5. The van der Waals surface area contributed by atoms with Crippen LogP contribution in [0.15, 0.2) is 60.1 Å². The maximum absolute atomic E-state index is 12.3. The number of hydrogen-bond donors (Lipinski definition) is 1. The van der Waals surface area contributed by atoms with E-state index in [1.807, 2.05) is 24.3 Å². The Bertz CT molecular complexity index is 1180.